The van der Waals surface area contributed by atoms with Gasteiger partial charge in [-0.3, -0.25) is 0 Å². The number of ether oxygens (including phenoxy) is 4. The van der Waals surface area contributed by atoms with E-state index >= 15 is 0 Å². The van der Waals surface area contributed by atoms with Crippen LogP contribution in [-0.2, 0) is 0 Å². The predicted octanol–water partition coefficient (Wildman–Crippen LogP) is 4.50. The van der Waals surface area contributed by atoms with Crippen molar-refractivity contribution in [2.45, 2.75) is 29.6 Å². The summed E-state index contributed by atoms with van der Waals surface area (Å²) in [4.78, 5) is 14.2. The second-order valence-corrected chi connectivity index (χ2v) is 37.4. The van der Waals surface area contributed by atoms with Crippen molar-refractivity contribution >= 4 is 43.9 Å². The van der Waals surface area contributed by atoms with Crippen molar-refractivity contribution in [3.05, 3.63) is 36.4 Å². The molecule has 2 rings (SSSR count). The summed E-state index contributed by atoms with van der Waals surface area (Å²) < 4.78 is 23.9. The summed E-state index contributed by atoms with van der Waals surface area (Å²) >= 11 is -4.12. The Morgan fingerprint density at radius 3 is 1.39 bits per heavy atom. The van der Waals surface area contributed by atoms with E-state index < -0.39 is 36.8 Å². The summed E-state index contributed by atoms with van der Waals surface area (Å²) in [6.45, 7) is 0. The normalized spacial score (nSPS) is 11.2. The topological polar surface area (TPSA) is 36.9 Å². The van der Waals surface area contributed by atoms with E-state index in [4.69, 9.17) is 18.9 Å². The van der Waals surface area contributed by atoms with Crippen molar-refractivity contribution in [3.63, 3.8) is 0 Å². The number of methoxy groups -OCH3 is 4. The zero-order valence-corrected chi connectivity index (χ0v) is 24.8. The summed E-state index contributed by atoms with van der Waals surface area (Å²) in [5.74, 6) is 3.77. The van der Waals surface area contributed by atoms with Gasteiger partial charge in [0.25, 0.3) is 0 Å². The molecular formula is C22H36O4Sn2. The summed E-state index contributed by atoms with van der Waals surface area (Å²) in [5.41, 5.74) is 0. The molecule has 2 aromatic carbocycles. The third-order valence-electron chi connectivity index (χ3n) is 4.43. The number of hydrogen-bond acceptors (Lipinski definition) is 4. The number of rotatable bonds is 6. The average Bonchev–Trinajstić information content (AvgIpc) is 2.65. The van der Waals surface area contributed by atoms with E-state index in [2.05, 4.69) is 41.8 Å². The fraction of sp³-hybridized carbons (Fsp3) is 0.455. The molecule has 0 spiro atoms. The van der Waals surface area contributed by atoms with Gasteiger partial charge in [0, 0.05) is 0 Å². The molecule has 28 heavy (non-hydrogen) atoms. The van der Waals surface area contributed by atoms with E-state index in [1.165, 1.54) is 7.16 Å². The van der Waals surface area contributed by atoms with E-state index in [1.807, 2.05) is 24.3 Å². The Bertz CT molecular complexity index is 762. The Balaban J connectivity index is 0.000000280. The van der Waals surface area contributed by atoms with Crippen molar-refractivity contribution in [1.29, 1.82) is 0 Å². The van der Waals surface area contributed by atoms with Crippen LogP contribution in [0.1, 0.15) is 0 Å². The fourth-order valence-electron chi connectivity index (χ4n) is 2.82. The standard InChI is InChI=1S/2C8H9O2.6CH3.2Sn/c1-9-7-3-5-8(10-2)6-4-7;1-9-7-4-3-5-8(6-7)10-2;;;;;;;;/h3-5H,1-2H3;3-4,6H,1-2H3;6*1H3;;. The molecule has 0 N–H and O–H groups in total. The van der Waals surface area contributed by atoms with Crippen LogP contribution in [0.15, 0.2) is 36.4 Å². The van der Waals surface area contributed by atoms with Crippen molar-refractivity contribution in [3.8, 4) is 23.0 Å². The fourth-order valence-corrected chi connectivity index (χ4v) is 11.4. The summed E-state index contributed by atoms with van der Waals surface area (Å²) in [5, 5.41) is 0. The van der Waals surface area contributed by atoms with Gasteiger partial charge in [-0.05, 0) is 0 Å². The van der Waals surface area contributed by atoms with Crippen molar-refractivity contribution in [1.82, 2.24) is 0 Å². The number of hydrogen-bond donors (Lipinski definition) is 0. The quantitative estimate of drug-likeness (QED) is 0.457. The van der Waals surface area contributed by atoms with Crippen LogP contribution in [0.4, 0.5) is 0 Å². The summed E-state index contributed by atoms with van der Waals surface area (Å²) in [6, 6.07) is 12.2. The second kappa shape index (κ2) is 10.9. The Hall–Kier alpha value is -0.763. The first-order valence-corrected chi connectivity index (χ1v) is 29.4. The molecule has 0 aliphatic heterocycles. The minimum atomic E-state index is -2.08. The molecule has 0 aliphatic carbocycles. The van der Waals surface area contributed by atoms with Gasteiger partial charge < -0.3 is 0 Å². The first-order chi connectivity index (χ1) is 13.0. The predicted molar refractivity (Wildman–Crippen MR) is 125 cm³/mol. The van der Waals surface area contributed by atoms with Crippen LogP contribution in [0.3, 0.4) is 0 Å². The van der Waals surface area contributed by atoms with E-state index in [0.29, 0.717) is 0 Å². The zero-order chi connectivity index (χ0) is 21.5. The van der Waals surface area contributed by atoms with Crippen molar-refractivity contribution < 1.29 is 18.9 Å². The van der Waals surface area contributed by atoms with Crippen LogP contribution >= 0.6 is 0 Å². The van der Waals surface area contributed by atoms with Crippen LogP contribution in [0.2, 0.25) is 29.6 Å². The average molecular weight is 602 g/mol. The van der Waals surface area contributed by atoms with Gasteiger partial charge in [-0.1, -0.05) is 0 Å². The Kier molecular flexibility index (Phi) is 9.80. The molecule has 0 aromatic heterocycles. The minimum absolute atomic E-state index is 0.862. The zero-order valence-electron chi connectivity index (χ0n) is 19.1. The maximum atomic E-state index is 5.39. The van der Waals surface area contributed by atoms with Crippen molar-refractivity contribution in [2.24, 2.45) is 0 Å². The molecule has 0 atom stereocenters. The molecule has 156 valence electrons. The van der Waals surface area contributed by atoms with Gasteiger partial charge in [0.2, 0.25) is 0 Å². The Morgan fingerprint density at radius 2 is 0.964 bits per heavy atom. The summed E-state index contributed by atoms with van der Waals surface area (Å²) in [6.07, 6.45) is 0. The molecule has 0 aliphatic rings. The van der Waals surface area contributed by atoms with Gasteiger partial charge in [0.05, 0.1) is 0 Å². The Morgan fingerprint density at radius 1 is 0.500 bits per heavy atom. The molecule has 6 heteroatoms. The Labute approximate surface area is 179 Å². The molecule has 4 nitrogen and oxygen atoms in total. The monoisotopic (exact) mass is 604 g/mol. The van der Waals surface area contributed by atoms with Gasteiger partial charge in [-0.15, -0.1) is 0 Å². The van der Waals surface area contributed by atoms with Crippen molar-refractivity contribution in [2.75, 3.05) is 28.4 Å². The van der Waals surface area contributed by atoms with Gasteiger partial charge >= 0.3 is 180 Å². The molecule has 0 radical (unpaired) electrons. The second-order valence-electron chi connectivity index (χ2n) is 8.63. The first-order valence-electron chi connectivity index (χ1n) is 9.43. The van der Waals surface area contributed by atoms with E-state index in [-0.39, 0.29) is 0 Å². The van der Waals surface area contributed by atoms with E-state index in [9.17, 15) is 0 Å². The molecule has 0 heterocycles. The van der Waals surface area contributed by atoms with Crippen LogP contribution < -0.4 is 26.1 Å². The first kappa shape index (κ1) is 25.3. The maximum absolute atomic E-state index is 5.39. The molecular weight excluding hydrogens is 566 g/mol. The molecule has 0 saturated carbocycles. The van der Waals surface area contributed by atoms with E-state index in [1.54, 1.807) is 28.4 Å². The van der Waals surface area contributed by atoms with Gasteiger partial charge in [0.15, 0.2) is 0 Å². The van der Waals surface area contributed by atoms with Gasteiger partial charge in [-0.25, -0.2) is 0 Å². The van der Waals surface area contributed by atoms with Gasteiger partial charge in [-0.2, -0.15) is 0 Å². The number of benzene rings is 2. The summed E-state index contributed by atoms with van der Waals surface area (Å²) in [7, 11) is 6.82. The van der Waals surface area contributed by atoms with Crippen LogP contribution in [-0.4, -0.2) is 65.2 Å². The molecule has 0 amide bonds. The SMILES string of the molecule is COc1cc[c]([Sn]([CH3])([CH3])[CH3])c(OC)c1.COc1ccc(OC)[c]([Sn]([CH3])([CH3])[CH3])c1. The molecule has 0 saturated heterocycles. The molecule has 0 unspecified atom stereocenters. The molecule has 0 fully saturated rings. The molecule has 0 bridgehead atoms. The van der Waals surface area contributed by atoms with Crippen LogP contribution in [0.25, 0.3) is 0 Å². The van der Waals surface area contributed by atoms with Crippen LogP contribution in [0, 0.1) is 0 Å². The third-order valence-corrected chi connectivity index (χ3v) is 16.0. The van der Waals surface area contributed by atoms with E-state index in [0.717, 1.165) is 23.0 Å². The molecule has 2 aromatic rings. The van der Waals surface area contributed by atoms with Gasteiger partial charge in [0.1, 0.15) is 0 Å². The third kappa shape index (κ3) is 7.24. The van der Waals surface area contributed by atoms with Crippen LogP contribution in [0.5, 0.6) is 23.0 Å².